The van der Waals surface area contributed by atoms with Crippen molar-refractivity contribution in [2.45, 2.75) is 25.8 Å². The lowest BCUT2D eigenvalue weighted by atomic mass is 10.1. The summed E-state index contributed by atoms with van der Waals surface area (Å²) in [6.07, 6.45) is 2.41. The minimum Gasteiger partial charge on any atom is -0.490 e. The Morgan fingerprint density at radius 3 is 2.88 bits per heavy atom. The highest BCUT2D eigenvalue weighted by molar-refractivity contribution is 5.32. The van der Waals surface area contributed by atoms with Gasteiger partial charge in [-0.05, 0) is 50.4 Å². The molecule has 0 amide bonds. The van der Waals surface area contributed by atoms with Crippen molar-refractivity contribution >= 4 is 0 Å². The molecule has 0 spiro atoms. The van der Waals surface area contributed by atoms with Crippen molar-refractivity contribution in [3.05, 3.63) is 29.6 Å². The standard InChI is InChI=1S/C13H19FN2O/c1-9(16-15-2)11-5-6-12(14)13(7-11)17-8-10-3-4-10/h5-7,9-10,15-16H,3-4,8H2,1-2H3/t9-/m1/s1. The van der Waals surface area contributed by atoms with Crippen LogP contribution in [0.2, 0.25) is 0 Å². The van der Waals surface area contributed by atoms with E-state index < -0.39 is 0 Å². The first-order valence-electron chi connectivity index (χ1n) is 6.05. The fourth-order valence-corrected chi connectivity index (χ4v) is 1.69. The molecule has 94 valence electrons. The quantitative estimate of drug-likeness (QED) is 0.747. The molecular formula is C13H19FN2O. The van der Waals surface area contributed by atoms with Crippen LogP contribution in [-0.2, 0) is 0 Å². The molecule has 0 saturated heterocycles. The smallest absolute Gasteiger partial charge is 0.165 e. The maximum atomic E-state index is 13.5. The lowest BCUT2D eigenvalue weighted by molar-refractivity contribution is 0.284. The molecule has 0 bridgehead atoms. The second-order valence-corrected chi connectivity index (χ2v) is 4.56. The zero-order chi connectivity index (χ0) is 12.3. The molecule has 0 aromatic heterocycles. The van der Waals surface area contributed by atoms with Crippen molar-refractivity contribution in [1.82, 2.24) is 10.9 Å². The molecular weight excluding hydrogens is 219 g/mol. The molecule has 1 aromatic rings. The van der Waals surface area contributed by atoms with Gasteiger partial charge in [-0.25, -0.2) is 4.39 Å². The fourth-order valence-electron chi connectivity index (χ4n) is 1.69. The lowest BCUT2D eigenvalue weighted by Gasteiger charge is -2.15. The van der Waals surface area contributed by atoms with Gasteiger partial charge in [0.25, 0.3) is 0 Å². The minimum absolute atomic E-state index is 0.115. The molecule has 1 aromatic carbocycles. The van der Waals surface area contributed by atoms with Crippen LogP contribution >= 0.6 is 0 Å². The highest BCUT2D eigenvalue weighted by Crippen LogP contribution is 2.30. The summed E-state index contributed by atoms with van der Waals surface area (Å²) < 4.78 is 19.0. The highest BCUT2D eigenvalue weighted by atomic mass is 19.1. The Balaban J connectivity index is 2.04. The van der Waals surface area contributed by atoms with Gasteiger partial charge >= 0.3 is 0 Å². The largest absolute Gasteiger partial charge is 0.490 e. The zero-order valence-electron chi connectivity index (χ0n) is 10.3. The lowest BCUT2D eigenvalue weighted by Crippen LogP contribution is -2.30. The number of hydrogen-bond donors (Lipinski definition) is 2. The van der Waals surface area contributed by atoms with Gasteiger partial charge in [0.15, 0.2) is 11.6 Å². The fraction of sp³-hybridized carbons (Fsp3) is 0.538. The van der Waals surface area contributed by atoms with Crippen LogP contribution in [0.15, 0.2) is 18.2 Å². The number of halogens is 1. The van der Waals surface area contributed by atoms with Crippen molar-refractivity contribution in [2.24, 2.45) is 5.92 Å². The van der Waals surface area contributed by atoms with E-state index in [1.54, 1.807) is 12.1 Å². The summed E-state index contributed by atoms with van der Waals surface area (Å²) in [5.74, 6) is 0.705. The normalized spacial score (nSPS) is 16.9. The van der Waals surface area contributed by atoms with Crippen molar-refractivity contribution in [2.75, 3.05) is 13.7 Å². The topological polar surface area (TPSA) is 33.3 Å². The van der Waals surface area contributed by atoms with E-state index in [1.807, 2.05) is 14.0 Å². The summed E-state index contributed by atoms with van der Waals surface area (Å²) >= 11 is 0. The second-order valence-electron chi connectivity index (χ2n) is 4.56. The van der Waals surface area contributed by atoms with E-state index in [1.165, 1.54) is 18.9 Å². The molecule has 1 aliphatic rings. The van der Waals surface area contributed by atoms with Crippen molar-refractivity contribution in [1.29, 1.82) is 0 Å². The zero-order valence-corrected chi connectivity index (χ0v) is 10.3. The predicted molar refractivity (Wildman–Crippen MR) is 65.2 cm³/mol. The number of rotatable bonds is 6. The third-order valence-electron chi connectivity index (χ3n) is 2.99. The van der Waals surface area contributed by atoms with Crippen LogP contribution in [0.3, 0.4) is 0 Å². The van der Waals surface area contributed by atoms with Crippen LogP contribution in [0.4, 0.5) is 4.39 Å². The van der Waals surface area contributed by atoms with Gasteiger partial charge in [-0.3, -0.25) is 10.9 Å². The molecule has 3 nitrogen and oxygen atoms in total. The van der Waals surface area contributed by atoms with E-state index in [-0.39, 0.29) is 11.9 Å². The molecule has 2 rings (SSSR count). The van der Waals surface area contributed by atoms with Gasteiger partial charge < -0.3 is 4.74 Å². The van der Waals surface area contributed by atoms with Crippen molar-refractivity contribution < 1.29 is 9.13 Å². The van der Waals surface area contributed by atoms with Gasteiger partial charge in [-0.1, -0.05) is 6.07 Å². The average molecular weight is 238 g/mol. The number of nitrogens with one attached hydrogen (secondary N) is 2. The van der Waals surface area contributed by atoms with E-state index in [4.69, 9.17) is 4.74 Å². The minimum atomic E-state index is -0.286. The summed E-state index contributed by atoms with van der Waals surface area (Å²) in [4.78, 5) is 0. The molecule has 1 aliphatic carbocycles. The molecule has 0 unspecified atom stereocenters. The molecule has 1 saturated carbocycles. The van der Waals surface area contributed by atoms with Crippen LogP contribution in [0.1, 0.15) is 31.4 Å². The Morgan fingerprint density at radius 1 is 1.47 bits per heavy atom. The number of hydrogen-bond acceptors (Lipinski definition) is 3. The van der Waals surface area contributed by atoms with Crippen LogP contribution in [0.5, 0.6) is 5.75 Å². The Hall–Kier alpha value is -1.13. The van der Waals surface area contributed by atoms with E-state index >= 15 is 0 Å². The first kappa shape index (κ1) is 12.3. The SMILES string of the molecule is CNN[C@H](C)c1ccc(F)c(OCC2CC2)c1. The van der Waals surface area contributed by atoms with E-state index in [0.29, 0.717) is 18.3 Å². The number of ether oxygens (including phenoxy) is 1. The number of benzene rings is 1. The van der Waals surface area contributed by atoms with Crippen LogP contribution < -0.4 is 15.6 Å². The first-order chi connectivity index (χ1) is 8.20. The van der Waals surface area contributed by atoms with E-state index in [2.05, 4.69) is 10.9 Å². The van der Waals surface area contributed by atoms with Crippen molar-refractivity contribution in [3.8, 4) is 5.75 Å². The van der Waals surface area contributed by atoms with Crippen LogP contribution in [0, 0.1) is 11.7 Å². The molecule has 2 N–H and O–H groups in total. The highest BCUT2D eigenvalue weighted by Gasteiger charge is 2.22. The Morgan fingerprint density at radius 2 is 2.24 bits per heavy atom. The van der Waals surface area contributed by atoms with E-state index in [9.17, 15) is 4.39 Å². The van der Waals surface area contributed by atoms with Gasteiger partial charge in [0.05, 0.1) is 6.61 Å². The van der Waals surface area contributed by atoms with E-state index in [0.717, 1.165) is 5.56 Å². The molecule has 1 fully saturated rings. The Labute approximate surface area is 101 Å². The maximum absolute atomic E-state index is 13.5. The molecule has 4 heteroatoms. The van der Waals surface area contributed by atoms with Crippen LogP contribution in [-0.4, -0.2) is 13.7 Å². The maximum Gasteiger partial charge on any atom is 0.165 e. The summed E-state index contributed by atoms with van der Waals surface area (Å²) in [6, 6.07) is 5.12. The third kappa shape index (κ3) is 3.41. The first-order valence-corrected chi connectivity index (χ1v) is 6.05. The van der Waals surface area contributed by atoms with Crippen LogP contribution in [0.25, 0.3) is 0 Å². The third-order valence-corrected chi connectivity index (χ3v) is 2.99. The Kier molecular flexibility index (Phi) is 3.97. The van der Waals surface area contributed by atoms with Gasteiger partial charge in [0.1, 0.15) is 0 Å². The summed E-state index contributed by atoms with van der Waals surface area (Å²) in [5.41, 5.74) is 6.94. The molecule has 1 atom stereocenters. The second kappa shape index (κ2) is 5.47. The monoisotopic (exact) mass is 238 g/mol. The summed E-state index contributed by atoms with van der Waals surface area (Å²) in [7, 11) is 1.81. The summed E-state index contributed by atoms with van der Waals surface area (Å²) in [6.45, 7) is 2.64. The van der Waals surface area contributed by atoms with Gasteiger partial charge in [-0.2, -0.15) is 0 Å². The van der Waals surface area contributed by atoms with Gasteiger partial charge in [0, 0.05) is 6.04 Å². The molecule has 0 heterocycles. The number of hydrazine groups is 1. The summed E-state index contributed by atoms with van der Waals surface area (Å²) in [5, 5.41) is 0. The Bertz CT molecular complexity index is 380. The molecule has 17 heavy (non-hydrogen) atoms. The predicted octanol–water partition coefficient (Wildman–Crippen LogP) is 2.40. The molecule has 0 radical (unpaired) electrons. The average Bonchev–Trinajstić information content (AvgIpc) is 3.12. The van der Waals surface area contributed by atoms with Gasteiger partial charge in [-0.15, -0.1) is 0 Å². The van der Waals surface area contributed by atoms with Gasteiger partial charge in [0.2, 0.25) is 0 Å². The van der Waals surface area contributed by atoms with Crippen molar-refractivity contribution in [3.63, 3.8) is 0 Å². The molecule has 0 aliphatic heterocycles.